The van der Waals surface area contributed by atoms with Gasteiger partial charge >= 0.3 is 0 Å². The van der Waals surface area contributed by atoms with E-state index in [1.165, 1.54) is 11.3 Å². The number of aromatic nitrogens is 3. The first-order valence-corrected chi connectivity index (χ1v) is 9.08. The van der Waals surface area contributed by atoms with E-state index in [2.05, 4.69) is 20.3 Å². The highest BCUT2D eigenvalue weighted by molar-refractivity contribution is 7.14. The summed E-state index contributed by atoms with van der Waals surface area (Å²) >= 11 is 1.46. The van der Waals surface area contributed by atoms with Crippen LogP contribution in [0.15, 0.2) is 42.0 Å². The molecule has 0 radical (unpaired) electrons. The maximum atomic E-state index is 12.6. The summed E-state index contributed by atoms with van der Waals surface area (Å²) in [7, 11) is 0. The van der Waals surface area contributed by atoms with Gasteiger partial charge in [-0.05, 0) is 12.1 Å². The molecule has 0 aliphatic carbocycles. The topological polar surface area (TPSA) is 98.3 Å². The standard InChI is InChI=1S/C17H18N6O2S/c18-12-9-19-23(10-12)15-4-2-1-3-13(15)20-16(24)14-11-26-17(21-14)22-5-7-25-8-6-22/h1-4,9-11H,5-8,18H2,(H,20,24). The lowest BCUT2D eigenvalue weighted by molar-refractivity contribution is 0.102. The predicted octanol–water partition coefficient (Wildman–Crippen LogP) is 2.00. The van der Waals surface area contributed by atoms with Gasteiger partial charge < -0.3 is 20.7 Å². The van der Waals surface area contributed by atoms with Crippen LogP contribution < -0.4 is 16.0 Å². The summed E-state index contributed by atoms with van der Waals surface area (Å²) in [6.07, 6.45) is 3.26. The highest BCUT2D eigenvalue weighted by atomic mass is 32.1. The number of benzene rings is 1. The van der Waals surface area contributed by atoms with Crippen molar-refractivity contribution in [2.75, 3.05) is 42.3 Å². The molecule has 1 aliphatic heterocycles. The van der Waals surface area contributed by atoms with E-state index in [9.17, 15) is 4.79 Å². The van der Waals surface area contributed by atoms with Crippen molar-refractivity contribution < 1.29 is 9.53 Å². The maximum absolute atomic E-state index is 12.6. The van der Waals surface area contributed by atoms with Gasteiger partial charge in [0.15, 0.2) is 5.13 Å². The van der Waals surface area contributed by atoms with Crippen LogP contribution in [0.3, 0.4) is 0 Å². The Labute approximate surface area is 154 Å². The summed E-state index contributed by atoms with van der Waals surface area (Å²) in [6.45, 7) is 2.94. The minimum Gasteiger partial charge on any atom is -0.396 e. The quantitative estimate of drug-likeness (QED) is 0.729. The van der Waals surface area contributed by atoms with Crippen molar-refractivity contribution >= 4 is 33.8 Å². The fraction of sp³-hybridized carbons (Fsp3) is 0.235. The molecule has 1 saturated heterocycles. The van der Waals surface area contributed by atoms with Gasteiger partial charge in [0.25, 0.3) is 5.91 Å². The molecule has 1 fully saturated rings. The van der Waals surface area contributed by atoms with Gasteiger partial charge in [-0.1, -0.05) is 12.1 Å². The van der Waals surface area contributed by atoms with Crippen LogP contribution in [-0.4, -0.2) is 47.0 Å². The van der Waals surface area contributed by atoms with Gasteiger partial charge in [-0.15, -0.1) is 11.3 Å². The summed E-state index contributed by atoms with van der Waals surface area (Å²) in [5, 5.41) is 9.72. The number of nitrogen functional groups attached to an aromatic ring is 1. The van der Waals surface area contributed by atoms with Crippen LogP contribution in [0.1, 0.15) is 10.5 Å². The summed E-state index contributed by atoms with van der Waals surface area (Å²) < 4.78 is 6.98. The normalized spacial score (nSPS) is 14.4. The molecule has 8 nitrogen and oxygen atoms in total. The molecule has 2 aromatic heterocycles. The lowest BCUT2D eigenvalue weighted by Crippen LogP contribution is -2.36. The zero-order valence-electron chi connectivity index (χ0n) is 14.0. The SMILES string of the molecule is Nc1cnn(-c2ccccc2NC(=O)c2csc(N3CCOCC3)n2)c1. The molecule has 1 aromatic carbocycles. The Balaban J connectivity index is 1.53. The van der Waals surface area contributed by atoms with E-state index in [1.54, 1.807) is 22.5 Å². The number of morpholine rings is 1. The number of para-hydroxylation sites is 2. The minimum absolute atomic E-state index is 0.256. The zero-order valence-corrected chi connectivity index (χ0v) is 14.8. The molecule has 3 aromatic rings. The maximum Gasteiger partial charge on any atom is 0.275 e. The molecule has 0 spiro atoms. The first kappa shape index (κ1) is 16.6. The van der Waals surface area contributed by atoms with Gasteiger partial charge in [0, 0.05) is 18.5 Å². The first-order valence-electron chi connectivity index (χ1n) is 8.20. The third-order valence-corrected chi connectivity index (χ3v) is 4.91. The number of carbonyl (C=O) groups excluding carboxylic acids is 1. The van der Waals surface area contributed by atoms with Crippen LogP contribution in [0.4, 0.5) is 16.5 Å². The average Bonchev–Trinajstić information content (AvgIpc) is 3.32. The predicted molar refractivity (Wildman–Crippen MR) is 101 cm³/mol. The number of nitrogens with zero attached hydrogens (tertiary/aromatic N) is 4. The van der Waals surface area contributed by atoms with Gasteiger partial charge in [0.1, 0.15) is 5.69 Å². The summed E-state index contributed by atoms with van der Waals surface area (Å²) in [4.78, 5) is 19.2. The Kier molecular flexibility index (Phi) is 4.55. The number of carbonyl (C=O) groups is 1. The number of hydrogen-bond acceptors (Lipinski definition) is 7. The summed E-state index contributed by atoms with van der Waals surface area (Å²) in [6, 6.07) is 7.41. The molecule has 26 heavy (non-hydrogen) atoms. The van der Waals surface area contributed by atoms with Crippen molar-refractivity contribution in [1.82, 2.24) is 14.8 Å². The van der Waals surface area contributed by atoms with Crippen molar-refractivity contribution in [3.63, 3.8) is 0 Å². The second kappa shape index (κ2) is 7.14. The van der Waals surface area contributed by atoms with E-state index in [0.29, 0.717) is 30.3 Å². The van der Waals surface area contributed by atoms with Crippen LogP contribution >= 0.6 is 11.3 Å². The van der Waals surface area contributed by atoms with E-state index in [-0.39, 0.29) is 5.91 Å². The Hall–Kier alpha value is -2.91. The van der Waals surface area contributed by atoms with E-state index in [4.69, 9.17) is 10.5 Å². The molecule has 0 unspecified atom stereocenters. The number of hydrogen-bond donors (Lipinski definition) is 2. The number of nitrogens with two attached hydrogens (primary N) is 1. The van der Waals surface area contributed by atoms with Crippen molar-refractivity contribution in [3.05, 3.63) is 47.7 Å². The molecule has 1 amide bonds. The third-order valence-electron chi connectivity index (χ3n) is 4.01. The third kappa shape index (κ3) is 3.39. The second-order valence-corrected chi connectivity index (χ2v) is 6.64. The smallest absolute Gasteiger partial charge is 0.275 e. The summed E-state index contributed by atoms with van der Waals surface area (Å²) in [5.41, 5.74) is 8.07. The molecular weight excluding hydrogens is 352 g/mol. The fourth-order valence-electron chi connectivity index (χ4n) is 2.70. The van der Waals surface area contributed by atoms with Gasteiger partial charge in [-0.2, -0.15) is 5.10 Å². The van der Waals surface area contributed by atoms with Crippen molar-refractivity contribution in [2.45, 2.75) is 0 Å². The average molecular weight is 370 g/mol. The molecule has 9 heteroatoms. The molecule has 0 saturated carbocycles. The van der Waals surface area contributed by atoms with E-state index in [0.717, 1.165) is 23.9 Å². The van der Waals surface area contributed by atoms with Gasteiger partial charge in [0.05, 0.1) is 42.7 Å². The molecule has 3 N–H and O–H groups in total. The van der Waals surface area contributed by atoms with Crippen LogP contribution in [0.25, 0.3) is 5.69 Å². The monoisotopic (exact) mass is 370 g/mol. The van der Waals surface area contributed by atoms with Crippen molar-refractivity contribution in [2.24, 2.45) is 0 Å². The van der Waals surface area contributed by atoms with Crippen molar-refractivity contribution in [1.29, 1.82) is 0 Å². The number of thiazole rings is 1. The molecule has 134 valence electrons. The van der Waals surface area contributed by atoms with Crippen LogP contribution in [0.2, 0.25) is 0 Å². The molecule has 0 atom stereocenters. The Morgan fingerprint density at radius 3 is 2.85 bits per heavy atom. The molecule has 3 heterocycles. The molecule has 4 rings (SSSR count). The number of anilines is 3. The van der Waals surface area contributed by atoms with Crippen LogP contribution in [-0.2, 0) is 4.74 Å². The second-order valence-electron chi connectivity index (χ2n) is 5.80. The van der Waals surface area contributed by atoms with Gasteiger partial charge in [-0.25, -0.2) is 9.67 Å². The number of rotatable bonds is 4. The lowest BCUT2D eigenvalue weighted by atomic mass is 10.2. The first-order chi connectivity index (χ1) is 12.7. The van der Waals surface area contributed by atoms with Crippen LogP contribution in [0.5, 0.6) is 0 Å². The highest BCUT2D eigenvalue weighted by Crippen LogP contribution is 2.24. The Morgan fingerprint density at radius 2 is 2.08 bits per heavy atom. The number of amides is 1. The Bertz CT molecular complexity index is 915. The highest BCUT2D eigenvalue weighted by Gasteiger charge is 2.18. The van der Waals surface area contributed by atoms with Gasteiger partial charge in [-0.3, -0.25) is 4.79 Å². The van der Waals surface area contributed by atoms with E-state index >= 15 is 0 Å². The molecular formula is C17H18N6O2S. The summed E-state index contributed by atoms with van der Waals surface area (Å²) in [5.74, 6) is -0.256. The number of nitrogens with one attached hydrogen (secondary N) is 1. The minimum atomic E-state index is -0.256. The van der Waals surface area contributed by atoms with Crippen LogP contribution in [0, 0.1) is 0 Å². The largest absolute Gasteiger partial charge is 0.396 e. The van der Waals surface area contributed by atoms with E-state index in [1.807, 2.05) is 24.3 Å². The zero-order chi connectivity index (χ0) is 17.9. The molecule has 1 aliphatic rings. The Morgan fingerprint density at radius 1 is 1.27 bits per heavy atom. The number of ether oxygens (including phenoxy) is 1. The van der Waals surface area contributed by atoms with E-state index < -0.39 is 0 Å². The lowest BCUT2D eigenvalue weighted by Gasteiger charge is -2.25. The molecule has 0 bridgehead atoms. The van der Waals surface area contributed by atoms with Crippen molar-refractivity contribution in [3.8, 4) is 5.69 Å². The fourth-order valence-corrected chi connectivity index (χ4v) is 3.56. The van der Waals surface area contributed by atoms with Gasteiger partial charge in [0.2, 0.25) is 0 Å².